The van der Waals surface area contributed by atoms with Crippen LogP contribution >= 0.6 is 0 Å². The average molecular weight is 215 g/mol. The van der Waals surface area contributed by atoms with Crippen molar-refractivity contribution < 1.29 is 5.11 Å². The van der Waals surface area contributed by atoms with Crippen LogP contribution in [-0.4, -0.2) is 65.8 Å². The predicted molar refractivity (Wildman–Crippen MR) is 62.8 cm³/mol. The van der Waals surface area contributed by atoms with Crippen molar-refractivity contribution in [1.82, 2.24) is 9.80 Å². The van der Waals surface area contributed by atoms with Gasteiger partial charge < -0.3 is 10.8 Å². The summed E-state index contributed by atoms with van der Waals surface area (Å²) >= 11 is 0. The van der Waals surface area contributed by atoms with E-state index in [-0.39, 0.29) is 0 Å². The second kappa shape index (κ2) is 5.25. The largest absolute Gasteiger partial charge is 0.388 e. The Morgan fingerprint density at radius 3 is 2.20 bits per heavy atom. The van der Waals surface area contributed by atoms with E-state index in [2.05, 4.69) is 23.6 Å². The maximum Gasteiger partial charge on any atom is 0.0867 e. The topological polar surface area (TPSA) is 52.7 Å². The number of aliphatic hydroxyl groups is 1. The maximum atomic E-state index is 9.87. The number of hydrogen-bond acceptors (Lipinski definition) is 4. The maximum absolute atomic E-state index is 9.87. The van der Waals surface area contributed by atoms with Crippen molar-refractivity contribution in [1.29, 1.82) is 0 Å². The van der Waals surface area contributed by atoms with Crippen molar-refractivity contribution in [3.8, 4) is 0 Å². The zero-order chi connectivity index (χ0) is 11.5. The summed E-state index contributed by atoms with van der Waals surface area (Å²) in [6, 6.07) is 0.627. The first-order valence-electron chi connectivity index (χ1n) is 5.83. The fourth-order valence-corrected chi connectivity index (χ4v) is 1.98. The molecule has 0 aliphatic carbocycles. The second-order valence-corrected chi connectivity index (χ2v) is 5.11. The van der Waals surface area contributed by atoms with Crippen LogP contribution in [0.1, 0.15) is 20.8 Å². The molecule has 1 saturated heterocycles. The van der Waals surface area contributed by atoms with Gasteiger partial charge in [0.25, 0.3) is 0 Å². The zero-order valence-electron chi connectivity index (χ0n) is 10.2. The van der Waals surface area contributed by atoms with Crippen LogP contribution in [0.4, 0.5) is 0 Å². The molecule has 0 aromatic rings. The zero-order valence-corrected chi connectivity index (χ0v) is 10.2. The number of piperazine rings is 1. The molecular formula is C11H25N3O. The van der Waals surface area contributed by atoms with E-state index in [1.807, 2.05) is 6.92 Å². The van der Waals surface area contributed by atoms with E-state index in [9.17, 15) is 5.11 Å². The van der Waals surface area contributed by atoms with Crippen molar-refractivity contribution in [3.05, 3.63) is 0 Å². The molecule has 4 nitrogen and oxygen atoms in total. The minimum atomic E-state index is -0.736. The molecule has 1 aliphatic rings. The first-order valence-corrected chi connectivity index (χ1v) is 5.83. The van der Waals surface area contributed by atoms with Crippen LogP contribution in [0.5, 0.6) is 0 Å². The number of hydrogen-bond donors (Lipinski definition) is 2. The van der Waals surface area contributed by atoms with Gasteiger partial charge in [-0.2, -0.15) is 0 Å². The predicted octanol–water partition coefficient (Wildman–Crippen LogP) is -0.278. The fourth-order valence-electron chi connectivity index (χ4n) is 1.98. The van der Waals surface area contributed by atoms with Gasteiger partial charge in [0.2, 0.25) is 0 Å². The standard InChI is InChI=1S/C11H25N3O/c1-10(2)14-6-4-13(5-7-14)9-11(3,15)8-12/h10,15H,4-9,12H2,1-3H3. The Morgan fingerprint density at radius 2 is 1.80 bits per heavy atom. The van der Waals surface area contributed by atoms with Crippen LogP contribution in [-0.2, 0) is 0 Å². The van der Waals surface area contributed by atoms with Gasteiger partial charge in [-0.05, 0) is 20.8 Å². The lowest BCUT2D eigenvalue weighted by Gasteiger charge is -2.39. The van der Waals surface area contributed by atoms with E-state index < -0.39 is 5.60 Å². The summed E-state index contributed by atoms with van der Waals surface area (Å²) in [7, 11) is 0. The van der Waals surface area contributed by atoms with E-state index in [0.29, 0.717) is 19.1 Å². The highest BCUT2D eigenvalue weighted by atomic mass is 16.3. The summed E-state index contributed by atoms with van der Waals surface area (Å²) in [4.78, 5) is 4.76. The Balaban J connectivity index is 2.32. The fraction of sp³-hybridized carbons (Fsp3) is 1.00. The molecule has 0 spiro atoms. The molecule has 1 unspecified atom stereocenters. The van der Waals surface area contributed by atoms with Crippen molar-refractivity contribution in [2.45, 2.75) is 32.4 Å². The van der Waals surface area contributed by atoms with E-state index in [0.717, 1.165) is 26.2 Å². The number of nitrogens with two attached hydrogens (primary N) is 1. The highest BCUT2D eigenvalue weighted by Gasteiger charge is 2.25. The van der Waals surface area contributed by atoms with Crippen molar-refractivity contribution in [2.75, 3.05) is 39.3 Å². The van der Waals surface area contributed by atoms with Gasteiger partial charge in [0.05, 0.1) is 5.60 Å². The normalized spacial score (nSPS) is 24.4. The molecule has 0 radical (unpaired) electrons. The smallest absolute Gasteiger partial charge is 0.0867 e. The number of nitrogens with zero attached hydrogens (tertiary/aromatic N) is 2. The molecule has 1 heterocycles. The van der Waals surface area contributed by atoms with E-state index in [1.54, 1.807) is 0 Å². The Kier molecular flexibility index (Phi) is 4.52. The molecule has 1 rings (SSSR count). The molecule has 0 bridgehead atoms. The monoisotopic (exact) mass is 215 g/mol. The average Bonchev–Trinajstić information content (AvgIpc) is 2.18. The summed E-state index contributed by atoms with van der Waals surface area (Å²) in [5, 5.41) is 9.87. The summed E-state index contributed by atoms with van der Waals surface area (Å²) in [5.74, 6) is 0. The molecule has 1 fully saturated rings. The van der Waals surface area contributed by atoms with Crippen LogP contribution in [0.15, 0.2) is 0 Å². The molecule has 0 saturated carbocycles. The van der Waals surface area contributed by atoms with E-state index in [4.69, 9.17) is 5.73 Å². The molecule has 0 aromatic carbocycles. The van der Waals surface area contributed by atoms with Crippen molar-refractivity contribution >= 4 is 0 Å². The van der Waals surface area contributed by atoms with E-state index in [1.165, 1.54) is 0 Å². The van der Waals surface area contributed by atoms with Gasteiger partial charge in [0, 0.05) is 45.3 Å². The molecule has 1 aliphatic heterocycles. The second-order valence-electron chi connectivity index (χ2n) is 5.11. The lowest BCUT2D eigenvalue weighted by Crippen LogP contribution is -2.54. The molecule has 90 valence electrons. The summed E-state index contributed by atoms with van der Waals surface area (Å²) in [5.41, 5.74) is 4.78. The molecule has 15 heavy (non-hydrogen) atoms. The van der Waals surface area contributed by atoms with Crippen molar-refractivity contribution in [3.63, 3.8) is 0 Å². The lowest BCUT2D eigenvalue weighted by atomic mass is 10.1. The summed E-state index contributed by atoms with van der Waals surface area (Å²) < 4.78 is 0. The van der Waals surface area contributed by atoms with Gasteiger partial charge in [-0.25, -0.2) is 0 Å². The Morgan fingerprint density at radius 1 is 1.27 bits per heavy atom. The molecule has 0 aromatic heterocycles. The number of β-amino-alcohol motifs (C(OH)–C–C–N with tert-alkyl or cyclic N) is 1. The minimum absolute atomic E-state index is 0.331. The van der Waals surface area contributed by atoms with Gasteiger partial charge in [-0.15, -0.1) is 0 Å². The third-order valence-electron chi connectivity index (χ3n) is 3.14. The quantitative estimate of drug-likeness (QED) is 0.677. The molecule has 0 amide bonds. The van der Waals surface area contributed by atoms with Crippen molar-refractivity contribution in [2.24, 2.45) is 5.73 Å². The van der Waals surface area contributed by atoms with Gasteiger partial charge in [-0.3, -0.25) is 9.80 Å². The van der Waals surface area contributed by atoms with Crippen LogP contribution in [0, 0.1) is 0 Å². The van der Waals surface area contributed by atoms with Crippen LogP contribution in [0.2, 0.25) is 0 Å². The molecule has 4 heteroatoms. The lowest BCUT2D eigenvalue weighted by molar-refractivity contribution is 0.00681. The Bertz CT molecular complexity index is 186. The molecular weight excluding hydrogens is 190 g/mol. The van der Waals surface area contributed by atoms with Gasteiger partial charge >= 0.3 is 0 Å². The molecule has 1 atom stereocenters. The van der Waals surface area contributed by atoms with Crippen LogP contribution < -0.4 is 5.73 Å². The van der Waals surface area contributed by atoms with E-state index >= 15 is 0 Å². The van der Waals surface area contributed by atoms with Gasteiger partial charge in [0.15, 0.2) is 0 Å². The molecule has 3 N–H and O–H groups in total. The van der Waals surface area contributed by atoms with Crippen LogP contribution in [0.3, 0.4) is 0 Å². The first-order chi connectivity index (χ1) is 6.94. The number of rotatable bonds is 4. The van der Waals surface area contributed by atoms with Gasteiger partial charge in [0.1, 0.15) is 0 Å². The highest BCUT2D eigenvalue weighted by molar-refractivity contribution is 4.82. The third-order valence-corrected chi connectivity index (χ3v) is 3.14. The minimum Gasteiger partial charge on any atom is -0.388 e. The first kappa shape index (κ1) is 12.9. The highest BCUT2D eigenvalue weighted by Crippen LogP contribution is 2.10. The third kappa shape index (κ3) is 4.07. The van der Waals surface area contributed by atoms with Gasteiger partial charge in [-0.1, -0.05) is 0 Å². The Hall–Kier alpha value is -0.160. The van der Waals surface area contributed by atoms with Crippen LogP contribution in [0.25, 0.3) is 0 Å². The summed E-state index contributed by atoms with van der Waals surface area (Å²) in [6.45, 7) is 11.5. The SMILES string of the molecule is CC(C)N1CCN(CC(C)(O)CN)CC1. The summed E-state index contributed by atoms with van der Waals surface area (Å²) in [6.07, 6.45) is 0. The Labute approximate surface area is 93.0 Å².